The van der Waals surface area contributed by atoms with Crippen molar-refractivity contribution in [2.45, 2.75) is 19.4 Å². The molecule has 2 saturated heterocycles. The number of nitrogens with one attached hydrogen (secondary N) is 2. The van der Waals surface area contributed by atoms with Crippen molar-refractivity contribution in [1.29, 1.82) is 5.41 Å². The number of piperazine rings is 1. The van der Waals surface area contributed by atoms with Crippen molar-refractivity contribution in [2.75, 3.05) is 57.3 Å². The summed E-state index contributed by atoms with van der Waals surface area (Å²) < 4.78 is 10.6. The van der Waals surface area contributed by atoms with Gasteiger partial charge in [-0.3, -0.25) is 24.8 Å². The highest BCUT2D eigenvalue weighted by atomic mass is 16.6. The summed E-state index contributed by atoms with van der Waals surface area (Å²) in [6.45, 7) is 7.43. The van der Waals surface area contributed by atoms with Gasteiger partial charge >= 0.3 is 12.1 Å². The number of anilines is 1. The van der Waals surface area contributed by atoms with Crippen molar-refractivity contribution in [3.05, 3.63) is 65.7 Å². The fourth-order valence-electron chi connectivity index (χ4n) is 4.45. The molecule has 2 N–H and O–H groups in total. The number of ether oxygens (including phenoxy) is 2. The van der Waals surface area contributed by atoms with Gasteiger partial charge in [-0.05, 0) is 43.3 Å². The molecular formula is C27H33N5O5. The van der Waals surface area contributed by atoms with Gasteiger partial charge < -0.3 is 19.7 Å². The Morgan fingerprint density at radius 3 is 2.35 bits per heavy atom. The molecule has 0 bridgehead atoms. The summed E-state index contributed by atoms with van der Waals surface area (Å²) in [5.74, 6) is -0.520. The fraction of sp³-hybridized carbons (Fsp3) is 0.407. The Bertz CT molecular complexity index is 1100. The highest BCUT2D eigenvalue weighted by Crippen LogP contribution is 2.23. The Balaban J connectivity index is 1.23. The standard InChI is InChI=1S/C27H33N5O5/c1-2-36-24(33)12-13-30-14-16-31(17-15-30)18-23-19-32(27(35)37-23)22-10-8-20(9-11-22)25(28)29-26(34)21-6-4-3-5-7-21/h3-11,23H,2,12-19H2,1H3,(H2,28,29,34)/t23-/m1/s1. The average molecular weight is 508 g/mol. The number of carbonyl (C=O) groups is 3. The predicted octanol–water partition coefficient (Wildman–Crippen LogP) is 2.34. The molecule has 2 aliphatic rings. The average Bonchev–Trinajstić information content (AvgIpc) is 3.28. The zero-order chi connectivity index (χ0) is 26.2. The van der Waals surface area contributed by atoms with Crippen molar-refractivity contribution in [1.82, 2.24) is 15.1 Å². The Morgan fingerprint density at radius 1 is 1.00 bits per heavy atom. The number of amides is 2. The predicted molar refractivity (Wildman–Crippen MR) is 139 cm³/mol. The minimum Gasteiger partial charge on any atom is -0.466 e. The third-order valence-corrected chi connectivity index (χ3v) is 6.48. The molecule has 2 heterocycles. The quantitative estimate of drug-likeness (QED) is 0.304. The first-order valence-corrected chi connectivity index (χ1v) is 12.6. The first-order chi connectivity index (χ1) is 17.9. The van der Waals surface area contributed by atoms with Gasteiger partial charge in [0.05, 0.1) is 19.6 Å². The van der Waals surface area contributed by atoms with Gasteiger partial charge in [-0.1, -0.05) is 18.2 Å². The molecule has 2 aromatic carbocycles. The number of rotatable bonds is 9. The maximum absolute atomic E-state index is 12.5. The second-order valence-corrected chi connectivity index (χ2v) is 9.06. The van der Waals surface area contributed by atoms with Crippen LogP contribution in [0.15, 0.2) is 54.6 Å². The molecular weight excluding hydrogens is 474 g/mol. The van der Waals surface area contributed by atoms with E-state index in [4.69, 9.17) is 14.9 Å². The highest BCUT2D eigenvalue weighted by molar-refractivity contribution is 6.11. The van der Waals surface area contributed by atoms with Gasteiger partial charge in [-0.2, -0.15) is 0 Å². The summed E-state index contributed by atoms with van der Waals surface area (Å²) >= 11 is 0. The highest BCUT2D eigenvalue weighted by Gasteiger charge is 2.34. The molecule has 0 radical (unpaired) electrons. The summed E-state index contributed by atoms with van der Waals surface area (Å²) in [6.07, 6.45) is -0.222. The summed E-state index contributed by atoms with van der Waals surface area (Å²) in [5.41, 5.74) is 1.70. The molecule has 4 rings (SSSR count). The van der Waals surface area contributed by atoms with Crippen LogP contribution in [0.3, 0.4) is 0 Å². The molecule has 37 heavy (non-hydrogen) atoms. The summed E-state index contributed by atoms with van der Waals surface area (Å²) in [6, 6.07) is 15.7. The normalized spacial score (nSPS) is 18.4. The fourth-order valence-corrected chi connectivity index (χ4v) is 4.45. The lowest BCUT2D eigenvalue weighted by molar-refractivity contribution is -0.143. The first-order valence-electron chi connectivity index (χ1n) is 12.6. The summed E-state index contributed by atoms with van der Waals surface area (Å²) in [5, 5.41) is 10.8. The van der Waals surface area contributed by atoms with E-state index in [1.807, 2.05) is 13.0 Å². The molecule has 0 unspecified atom stereocenters. The number of hydrogen-bond acceptors (Lipinski definition) is 8. The number of cyclic esters (lactones) is 1. The monoisotopic (exact) mass is 507 g/mol. The van der Waals surface area contributed by atoms with Crippen LogP contribution >= 0.6 is 0 Å². The van der Waals surface area contributed by atoms with E-state index in [-0.39, 0.29) is 23.8 Å². The van der Waals surface area contributed by atoms with Crippen molar-refractivity contribution in [3.8, 4) is 0 Å². The smallest absolute Gasteiger partial charge is 0.414 e. The Hall–Kier alpha value is -3.76. The largest absolute Gasteiger partial charge is 0.466 e. The van der Waals surface area contributed by atoms with Crippen molar-refractivity contribution < 1.29 is 23.9 Å². The van der Waals surface area contributed by atoms with Gasteiger partial charge in [0, 0.05) is 56.1 Å². The zero-order valence-corrected chi connectivity index (χ0v) is 21.0. The number of carbonyl (C=O) groups excluding carboxylic acids is 3. The molecule has 2 aliphatic heterocycles. The molecule has 2 amide bonds. The van der Waals surface area contributed by atoms with E-state index in [1.165, 1.54) is 0 Å². The van der Waals surface area contributed by atoms with Crippen molar-refractivity contribution >= 4 is 29.5 Å². The molecule has 10 nitrogen and oxygen atoms in total. The third-order valence-electron chi connectivity index (χ3n) is 6.48. The van der Waals surface area contributed by atoms with Crippen LogP contribution in [0.1, 0.15) is 29.3 Å². The second-order valence-electron chi connectivity index (χ2n) is 9.06. The number of benzene rings is 2. The lowest BCUT2D eigenvalue weighted by Crippen LogP contribution is -2.49. The maximum Gasteiger partial charge on any atom is 0.414 e. The maximum atomic E-state index is 12.5. The molecule has 196 valence electrons. The van der Waals surface area contributed by atoms with E-state index in [0.29, 0.717) is 49.5 Å². The van der Waals surface area contributed by atoms with Crippen LogP contribution < -0.4 is 10.2 Å². The minimum atomic E-state index is -0.390. The number of esters is 1. The van der Waals surface area contributed by atoms with Gasteiger partial charge in [-0.15, -0.1) is 0 Å². The van der Waals surface area contributed by atoms with Crippen molar-refractivity contribution in [2.24, 2.45) is 0 Å². The molecule has 0 spiro atoms. The van der Waals surface area contributed by atoms with E-state index in [1.54, 1.807) is 53.4 Å². The van der Waals surface area contributed by atoms with Crippen LogP contribution in [0.25, 0.3) is 0 Å². The Kier molecular flexibility index (Phi) is 8.86. The Labute approximate surface area is 216 Å². The number of amidine groups is 1. The second kappa shape index (κ2) is 12.5. The summed E-state index contributed by atoms with van der Waals surface area (Å²) in [7, 11) is 0. The van der Waals surface area contributed by atoms with Gasteiger partial charge in [0.2, 0.25) is 0 Å². The lowest BCUT2D eigenvalue weighted by atomic mass is 10.1. The van der Waals surface area contributed by atoms with Crippen LogP contribution in [-0.4, -0.2) is 92.1 Å². The van der Waals surface area contributed by atoms with E-state index >= 15 is 0 Å². The lowest BCUT2D eigenvalue weighted by Gasteiger charge is -2.35. The molecule has 10 heteroatoms. The van der Waals surface area contributed by atoms with E-state index < -0.39 is 6.09 Å². The van der Waals surface area contributed by atoms with Crippen molar-refractivity contribution in [3.63, 3.8) is 0 Å². The number of hydrogen-bond donors (Lipinski definition) is 2. The molecule has 0 aliphatic carbocycles. The van der Waals surface area contributed by atoms with E-state index in [9.17, 15) is 14.4 Å². The van der Waals surface area contributed by atoms with Gasteiger partial charge in [0.1, 0.15) is 11.9 Å². The van der Waals surface area contributed by atoms with Gasteiger partial charge in [0.15, 0.2) is 0 Å². The van der Waals surface area contributed by atoms with Crippen LogP contribution in [0.4, 0.5) is 10.5 Å². The van der Waals surface area contributed by atoms with Gasteiger partial charge in [-0.25, -0.2) is 4.79 Å². The molecule has 2 aromatic rings. The molecule has 0 aromatic heterocycles. The topological polar surface area (TPSA) is 115 Å². The van der Waals surface area contributed by atoms with Crippen LogP contribution in [0.5, 0.6) is 0 Å². The van der Waals surface area contributed by atoms with E-state index in [2.05, 4.69) is 15.1 Å². The molecule has 1 atom stereocenters. The van der Waals surface area contributed by atoms with Crippen LogP contribution in [0, 0.1) is 5.41 Å². The first kappa shape index (κ1) is 26.3. The van der Waals surface area contributed by atoms with E-state index in [0.717, 1.165) is 26.2 Å². The summed E-state index contributed by atoms with van der Waals surface area (Å²) in [4.78, 5) is 42.5. The molecule has 2 fully saturated rings. The zero-order valence-electron chi connectivity index (χ0n) is 21.0. The van der Waals surface area contributed by atoms with Crippen LogP contribution in [0.2, 0.25) is 0 Å². The third kappa shape index (κ3) is 7.14. The minimum absolute atomic E-state index is 0.0105. The van der Waals surface area contributed by atoms with Gasteiger partial charge in [0.25, 0.3) is 5.91 Å². The Morgan fingerprint density at radius 2 is 1.68 bits per heavy atom. The number of nitrogens with zero attached hydrogens (tertiary/aromatic N) is 3. The SMILES string of the molecule is CCOC(=O)CCN1CCN(C[C@@H]2CN(c3ccc(C(=N)NC(=O)c4ccccc4)cc3)C(=O)O2)CC1. The molecule has 0 saturated carbocycles. The van der Waals surface area contributed by atoms with Crippen LogP contribution in [-0.2, 0) is 14.3 Å².